The van der Waals surface area contributed by atoms with Gasteiger partial charge in [0.2, 0.25) is 5.91 Å². The molecule has 11 heavy (non-hydrogen) atoms. The van der Waals surface area contributed by atoms with E-state index in [-0.39, 0.29) is 11.9 Å². The lowest BCUT2D eigenvalue weighted by atomic mass is 10.0. The maximum Gasteiger partial charge on any atom is 0.326 e. The predicted molar refractivity (Wildman–Crippen MR) is 35.9 cm³/mol. The minimum Gasteiger partial charge on any atom is -0.480 e. The van der Waals surface area contributed by atoms with Gasteiger partial charge in [-0.05, 0) is 12.8 Å². The summed E-state index contributed by atoms with van der Waals surface area (Å²) >= 11 is 0. The second kappa shape index (κ2) is 1.96. The molecule has 0 saturated carbocycles. The fourth-order valence-electron chi connectivity index (χ4n) is 1.90. The Hall–Kier alpha value is -1.06. The summed E-state index contributed by atoms with van der Waals surface area (Å²) in [4.78, 5) is 22.9. The molecule has 0 spiro atoms. The van der Waals surface area contributed by atoms with Crippen LogP contribution in [-0.4, -0.2) is 34.0 Å². The second-order valence-corrected chi connectivity index (χ2v) is 3.09. The van der Waals surface area contributed by atoms with E-state index in [0.717, 1.165) is 6.42 Å². The van der Waals surface area contributed by atoms with Gasteiger partial charge in [-0.15, -0.1) is 0 Å². The molecule has 60 valence electrons. The van der Waals surface area contributed by atoms with E-state index in [0.29, 0.717) is 12.8 Å². The van der Waals surface area contributed by atoms with Gasteiger partial charge in [0, 0.05) is 12.5 Å². The van der Waals surface area contributed by atoms with Gasteiger partial charge in [-0.25, -0.2) is 4.79 Å². The summed E-state index contributed by atoms with van der Waals surface area (Å²) in [6, 6.07) is -0.287. The quantitative estimate of drug-likeness (QED) is 0.535. The Morgan fingerprint density at radius 2 is 2.27 bits per heavy atom. The van der Waals surface area contributed by atoms with Crippen molar-refractivity contribution < 1.29 is 14.7 Å². The highest BCUT2D eigenvalue weighted by molar-refractivity contribution is 5.89. The van der Waals surface area contributed by atoms with Crippen molar-refractivity contribution >= 4 is 11.9 Å². The molecule has 1 N–H and O–H groups in total. The second-order valence-electron chi connectivity index (χ2n) is 3.09. The number of carbonyl (C=O) groups is 2. The van der Waals surface area contributed by atoms with Crippen LogP contribution in [-0.2, 0) is 9.59 Å². The van der Waals surface area contributed by atoms with E-state index in [1.165, 1.54) is 4.90 Å². The van der Waals surface area contributed by atoms with Crippen molar-refractivity contribution in [3.63, 3.8) is 0 Å². The number of fused-ring (bicyclic) bond motifs is 1. The molecule has 2 fully saturated rings. The van der Waals surface area contributed by atoms with Crippen molar-refractivity contribution in [3.8, 4) is 0 Å². The van der Waals surface area contributed by atoms with Gasteiger partial charge < -0.3 is 10.0 Å². The van der Waals surface area contributed by atoms with Gasteiger partial charge in [0.15, 0.2) is 0 Å². The molecule has 0 bridgehead atoms. The number of nitrogens with zero attached hydrogens (tertiary/aromatic N) is 1. The zero-order chi connectivity index (χ0) is 8.01. The molecule has 2 heterocycles. The fourth-order valence-corrected chi connectivity index (χ4v) is 1.90. The molecule has 0 aromatic heterocycles. The Morgan fingerprint density at radius 1 is 1.55 bits per heavy atom. The molecule has 2 aliphatic rings. The molecule has 2 saturated heterocycles. The van der Waals surface area contributed by atoms with Crippen LogP contribution in [0, 0.1) is 0 Å². The van der Waals surface area contributed by atoms with E-state index in [1.807, 2.05) is 0 Å². The van der Waals surface area contributed by atoms with E-state index in [1.54, 1.807) is 0 Å². The van der Waals surface area contributed by atoms with Crippen LogP contribution in [0.25, 0.3) is 0 Å². The van der Waals surface area contributed by atoms with Crippen molar-refractivity contribution in [2.24, 2.45) is 0 Å². The van der Waals surface area contributed by atoms with Gasteiger partial charge in [0.05, 0.1) is 0 Å². The first kappa shape index (κ1) is 6.64. The van der Waals surface area contributed by atoms with E-state index in [2.05, 4.69) is 0 Å². The van der Waals surface area contributed by atoms with Gasteiger partial charge in [-0.2, -0.15) is 0 Å². The molecule has 0 aromatic carbocycles. The third-order valence-corrected chi connectivity index (χ3v) is 2.49. The zero-order valence-corrected chi connectivity index (χ0v) is 5.99. The Labute approximate surface area is 63.8 Å². The summed E-state index contributed by atoms with van der Waals surface area (Å²) in [7, 11) is 0. The molecule has 2 atom stereocenters. The number of hydrogen-bond acceptors (Lipinski definition) is 2. The summed E-state index contributed by atoms with van der Waals surface area (Å²) < 4.78 is 0. The lowest BCUT2D eigenvalue weighted by Gasteiger charge is -2.36. The molecular weight excluding hydrogens is 146 g/mol. The maximum atomic E-state index is 10.9. The standard InChI is InChI=1S/C7H9NO3/c9-6-3-4-1-2-5(7(10)11)8(4)6/h4-5H,1-3H2,(H,10,11). The molecule has 0 aromatic rings. The topological polar surface area (TPSA) is 57.6 Å². The number of hydrogen-bond donors (Lipinski definition) is 1. The smallest absolute Gasteiger partial charge is 0.326 e. The molecule has 4 heteroatoms. The number of aliphatic carboxylic acids is 1. The zero-order valence-electron chi connectivity index (χ0n) is 5.99. The van der Waals surface area contributed by atoms with Crippen LogP contribution in [0.5, 0.6) is 0 Å². The Kier molecular flexibility index (Phi) is 1.19. The molecule has 2 aliphatic heterocycles. The summed E-state index contributed by atoms with van der Waals surface area (Å²) in [5.41, 5.74) is 0. The average Bonchev–Trinajstić information content (AvgIpc) is 2.25. The molecule has 4 nitrogen and oxygen atoms in total. The lowest BCUT2D eigenvalue weighted by Crippen LogP contribution is -2.54. The Balaban J connectivity index is 2.14. The number of amides is 1. The van der Waals surface area contributed by atoms with Gasteiger partial charge in [0.1, 0.15) is 6.04 Å². The molecule has 2 unspecified atom stereocenters. The van der Waals surface area contributed by atoms with Crippen LogP contribution in [0.3, 0.4) is 0 Å². The SMILES string of the molecule is O=C(O)C1CCC2CC(=O)N21. The van der Waals surface area contributed by atoms with Crippen LogP contribution < -0.4 is 0 Å². The van der Waals surface area contributed by atoms with Crippen LogP contribution in [0.4, 0.5) is 0 Å². The van der Waals surface area contributed by atoms with Crippen molar-refractivity contribution in [3.05, 3.63) is 0 Å². The van der Waals surface area contributed by atoms with Crippen LogP contribution in [0.2, 0.25) is 0 Å². The van der Waals surface area contributed by atoms with Gasteiger partial charge >= 0.3 is 5.97 Å². The number of rotatable bonds is 1. The molecule has 0 radical (unpaired) electrons. The van der Waals surface area contributed by atoms with Gasteiger partial charge in [-0.3, -0.25) is 4.79 Å². The maximum absolute atomic E-state index is 10.9. The van der Waals surface area contributed by atoms with Crippen LogP contribution >= 0.6 is 0 Å². The summed E-state index contributed by atoms with van der Waals surface area (Å²) in [6.07, 6.45) is 2.05. The number of β-lactam (4-membered cyclic amide) rings is 1. The Bertz CT molecular complexity index is 218. The normalized spacial score (nSPS) is 34.9. The monoisotopic (exact) mass is 155 g/mol. The van der Waals surface area contributed by atoms with Crippen molar-refractivity contribution in [1.82, 2.24) is 4.90 Å². The lowest BCUT2D eigenvalue weighted by molar-refractivity contribution is -0.156. The minimum atomic E-state index is -0.861. The van der Waals surface area contributed by atoms with Gasteiger partial charge in [-0.1, -0.05) is 0 Å². The minimum absolute atomic E-state index is 0.0000926. The van der Waals surface area contributed by atoms with Gasteiger partial charge in [0.25, 0.3) is 0 Å². The van der Waals surface area contributed by atoms with Crippen molar-refractivity contribution in [2.45, 2.75) is 31.3 Å². The van der Waals surface area contributed by atoms with E-state index >= 15 is 0 Å². The molecule has 2 rings (SSSR count). The molecule has 1 amide bonds. The first-order valence-electron chi connectivity index (χ1n) is 3.74. The highest BCUT2D eigenvalue weighted by atomic mass is 16.4. The first-order valence-corrected chi connectivity index (χ1v) is 3.74. The number of carboxylic acids is 1. The Morgan fingerprint density at radius 3 is 2.73 bits per heavy atom. The molecule has 0 aliphatic carbocycles. The highest BCUT2D eigenvalue weighted by Crippen LogP contribution is 2.34. The summed E-state index contributed by atoms with van der Waals surface area (Å²) in [6.45, 7) is 0. The van der Waals surface area contributed by atoms with Crippen molar-refractivity contribution in [2.75, 3.05) is 0 Å². The van der Waals surface area contributed by atoms with Crippen LogP contribution in [0.1, 0.15) is 19.3 Å². The average molecular weight is 155 g/mol. The predicted octanol–water partition coefficient (Wildman–Crippen LogP) is -0.166. The van der Waals surface area contributed by atoms with E-state index < -0.39 is 12.0 Å². The van der Waals surface area contributed by atoms with E-state index in [9.17, 15) is 9.59 Å². The van der Waals surface area contributed by atoms with Crippen LogP contribution in [0.15, 0.2) is 0 Å². The fraction of sp³-hybridized carbons (Fsp3) is 0.714. The summed E-state index contributed by atoms with van der Waals surface area (Å²) in [5, 5.41) is 8.66. The van der Waals surface area contributed by atoms with Crippen molar-refractivity contribution in [1.29, 1.82) is 0 Å². The largest absolute Gasteiger partial charge is 0.480 e. The first-order chi connectivity index (χ1) is 5.20. The third kappa shape index (κ3) is 0.751. The highest BCUT2D eigenvalue weighted by Gasteiger charge is 2.48. The molecular formula is C7H9NO3. The third-order valence-electron chi connectivity index (χ3n) is 2.49. The van der Waals surface area contributed by atoms with E-state index in [4.69, 9.17) is 5.11 Å². The number of carbonyl (C=O) groups excluding carboxylic acids is 1. The number of carboxylic acid groups (broad SMARTS) is 1. The summed E-state index contributed by atoms with van der Waals surface area (Å²) in [5.74, 6) is -0.861.